The maximum absolute atomic E-state index is 12.3. The van der Waals surface area contributed by atoms with Gasteiger partial charge in [-0.2, -0.15) is 0 Å². The van der Waals surface area contributed by atoms with Crippen LogP contribution in [0.5, 0.6) is 0 Å². The molecule has 0 spiro atoms. The molecule has 1 aromatic heterocycles. The predicted octanol–water partition coefficient (Wildman–Crippen LogP) is 4.89. The van der Waals surface area contributed by atoms with Gasteiger partial charge in [0.1, 0.15) is 0 Å². The summed E-state index contributed by atoms with van der Waals surface area (Å²) in [7, 11) is 0. The fraction of sp³-hybridized carbons (Fsp3) is 0.167. The number of thiophene rings is 1. The van der Waals surface area contributed by atoms with Crippen molar-refractivity contribution in [3.63, 3.8) is 0 Å². The quantitative estimate of drug-likeness (QED) is 0.622. The van der Waals surface area contributed by atoms with Gasteiger partial charge in [-0.25, -0.2) is 0 Å². The molecular weight excluding hydrogens is 264 g/mol. The molecule has 0 atom stereocenters. The first-order chi connectivity index (χ1) is 9.76. The fourth-order valence-electron chi connectivity index (χ4n) is 2.28. The third-order valence-corrected chi connectivity index (χ3v) is 4.65. The number of ketones is 1. The van der Waals surface area contributed by atoms with E-state index in [0.717, 1.165) is 22.2 Å². The number of fused-ring (bicyclic) bond motifs is 1. The molecule has 2 heteroatoms. The van der Waals surface area contributed by atoms with Gasteiger partial charge in [-0.05, 0) is 35.1 Å². The summed E-state index contributed by atoms with van der Waals surface area (Å²) in [5, 5.41) is 1.15. The van der Waals surface area contributed by atoms with Crippen molar-refractivity contribution in [1.82, 2.24) is 0 Å². The van der Waals surface area contributed by atoms with Crippen LogP contribution in [0, 0.1) is 0 Å². The molecule has 0 bridgehead atoms. The van der Waals surface area contributed by atoms with Crippen molar-refractivity contribution in [3.05, 3.63) is 70.6 Å². The van der Waals surface area contributed by atoms with Crippen LogP contribution in [0.4, 0.5) is 0 Å². The van der Waals surface area contributed by atoms with Crippen LogP contribution in [-0.4, -0.2) is 5.78 Å². The maximum Gasteiger partial charge on any atom is 0.177 e. The Morgan fingerprint density at radius 1 is 1.00 bits per heavy atom. The van der Waals surface area contributed by atoms with E-state index < -0.39 is 0 Å². The molecule has 3 aromatic rings. The van der Waals surface area contributed by atoms with E-state index in [9.17, 15) is 4.79 Å². The minimum absolute atomic E-state index is 0.204. The van der Waals surface area contributed by atoms with E-state index in [-0.39, 0.29) is 5.78 Å². The molecule has 0 fully saturated rings. The molecule has 2 aromatic carbocycles. The largest absolute Gasteiger partial charge is 0.293 e. The van der Waals surface area contributed by atoms with E-state index in [1.165, 1.54) is 10.3 Å². The van der Waals surface area contributed by atoms with Crippen LogP contribution in [0.15, 0.2) is 54.6 Å². The second kappa shape index (κ2) is 5.59. The Bertz CT molecular complexity index is 704. The van der Waals surface area contributed by atoms with Crippen molar-refractivity contribution >= 4 is 27.2 Å². The number of carbonyl (C=O) groups excluding carboxylic acids is 1. The standard InChI is InChI=1S/C18H16OS/c1-2-13-7-9-14(10-8-13)11-16(19)18-12-15-5-3-4-6-17(15)20-18/h3-10,12H,2,11H2,1H3. The van der Waals surface area contributed by atoms with Gasteiger partial charge in [0.25, 0.3) is 0 Å². The molecule has 0 unspecified atom stereocenters. The van der Waals surface area contributed by atoms with Crippen LogP contribution in [0.25, 0.3) is 10.1 Å². The van der Waals surface area contributed by atoms with Crippen molar-refractivity contribution in [2.45, 2.75) is 19.8 Å². The highest BCUT2D eigenvalue weighted by molar-refractivity contribution is 7.20. The van der Waals surface area contributed by atoms with Gasteiger partial charge in [-0.3, -0.25) is 4.79 Å². The zero-order valence-electron chi connectivity index (χ0n) is 11.4. The summed E-state index contributed by atoms with van der Waals surface area (Å²) in [6.07, 6.45) is 1.52. The predicted molar refractivity (Wildman–Crippen MR) is 85.7 cm³/mol. The van der Waals surface area contributed by atoms with E-state index in [4.69, 9.17) is 0 Å². The highest BCUT2D eigenvalue weighted by Crippen LogP contribution is 2.26. The molecule has 0 aliphatic carbocycles. The Hall–Kier alpha value is -1.93. The lowest BCUT2D eigenvalue weighted by Gasteiger charge is -2.01. The van der Waals surface area contributed by atoms with Gasteiger partial charge in [-0.15, -0.1) is 11.3 Å². The molecular formula is C18H16OS. The normalized spacial score (nSPS) is 10.8. The Morgan fingerprint density at radius 3 is 2.40 bits per heavy atom. The number of rotatable bonds is 4. The molecule has 0 aliphatic heterocycles. The van der Waals surface area contributed by atoms with Gasteiger partial charge in [0.2, 0.25) is 0 Å². The van der Waals surface area contributed by atoms with Crippen molar-refractivity contribution in [1.29, 1.82) is 0 Å². The van der Waals surface area contributed by atoms with Gasteiger partial charge < -0.3 is 0 Å². The van der Waals surface area contributed by atoms with Crippen molar-refractivity contribution in [2.75, 3.05) is 0 Å². The van der Waals surface area contributed by atoms with Crippen LogP contribution < -0.4 is 0 Å². The Balaban J connectivity index is 1.81. The molecule has 100 valence electrons. The number of benzene rings is 2. The molecule has 0 radical (unpaired) electrons. The number of hydrogen-bond donors (Lipinski definition) is 0. The van der Waals surface area contributed by atoms with Gasteiger partial charge in [-0.1, -0.05) is 49.4 Å². The zero-order chi connectivity index (χ0) is 13.9. The Labute approximate surface area is 122 Å². The molecule has 0 saturated carbocycles. The summed E-state index contributed by atoms with van der Waals surface area (Å²) in [5.41, 5.74) is 2.40. The first-order valence-electron chi connectivity index (χ1n) is 6.86. The molecule has 1 nitrogen and oxygen atoms in total. The lowest BCUT2D eigenvalue weighted by Crippen LogP contribution is -2.01. The van der Waals surface area contributed by atoms with E-state index in [0.29, 0.717) is 6.42 Å². The second-order valence-corrected chi connectivity index (χ2v) is 6.00. The smallest absolute Gasteiger partial charge is 0.177 e. The highest BCUT2D eigenvalue weighted by atomic mass is 32.1. The van der Waals surface area contributed by atoms with Crippen LogP contribution in [-0.2, 0) is 12.8 Å². The van der Waals surface area contributed by atoms with Crippen LogP contribution in [0.1, 0.15) is 27.7 Å². The van der Waals surface area contributed by atoms with Crippen molar-refractivity contribution in [2.24, 2.45) is 0 Å². The molecule has 20 heavy (non-hydrogen) atoms. The topological polar surface area (TPSA) is 17.1 Å². The van der Waals surface area contributed by atoms with Gasteiger partial charge in [0, 0.05) is 11.1 Å². The number of aryl methyl sites for hydroxylation is 1. The summed E-state index contributed by atoms with van der Waals surface area (Å²) in [6.45, 7) is 2.14. The summed E-state index contributed by atoms with van der Waals surface area (Å²) >= 11 is 1.58. The van der Waals surface area contributed by atoms with Crippen molar-refractivity contribution < 1.29 is 4.79 Å². The SMILES string of the molecule is CCc1ccc(CC(=O)c2cc3ccccc3s2)cc1. The molecule has 0 amide bonds. The van der Waals surface area contributed by atoms with Crippen LogP contribution >= 0.6 is 11.3 Å². The first-order valence-corrected chi connectivity index (χ1v) is 7.67. The molecule has 0 aliphatic rings. The Morgan fingerprint density at radius 2 is 1.70 bits per heavy atom. The summed E-state index contributed by atoms with van der Waals surface area (Å²) < 4.78 is 1.18. The summed E-state index contributed by atoms with van der Waals surface area (Å²) in [5.74, 6) is 0.204. The van der Waals surface area contributed by atoms with Crippen LogP contribution in [0.2, 0.25) is 0 Å². The lowest BCUT2D eigenvalue weighted by molar-refractivity contribution is 0.0997. The Kier molecular flexibility index (Phi) is 3.66. The van der Waals surface area contributed by atoms with Gasteiger partial charge in [0.05, 0.1) is 4.88 Å². The van der Waals surface area contributed by atoms with Crippen LogP contribution in [0.3, 0.4) is 0 Å². The minimum atomic E-state index is 0.204. The molecule has 3 rings (SSSR count). The summed E-state index contributed by atoms with van der Waals surface area (Å²) in [6, 6.07) is 18.5. The molecule has 1 heterocycles. The average Bonchev–Trinajstić information content (AvgIpc) is 2.92. The highest BCUT2D eigenvalue weighted by Gasteiger charge is 2.10. The zero-order valence-corrected chi connectivity index (χ0v) is 12.2. The maximum atomic E-state index is 12.3. The third kappa shape index (κ3) is 2.66. The summed E-state index contributed by atoms with van der Waals surface area (Å²) in [4.78, 5) is 13.2. The van der Waals surface area contributed by atoms with E-state index >= 15 is 0 Å². The molecule has 0 N–H and O–H groups in total. The minimum Gasteiger partial charge on any atom is -0.293 e. The third-order valence-electron chi connectivity index (χ3n) is 3.50. The number of carbonyl (C=O) groups is 1. The van der Waals surface area contributed by atoms with Crippen molar-refractivity contribution in [3.8, 4) is 0 Å². The monoisotopic (exact) mass is 280 g/mol. The van der Waals surface area contributed by atoms with E-state index in [1.54, 1.807) is 11.3 Å². The van der Waals surface area contributed by atoms with Gasteiger partial charge >= 0.3 is 0 Å². The average molecular weight is 280 g/mol. The van der Waals surface area contributed by atoms with E-state index in [1.807, 2.05) is 18.2 Å². The second-order valence-electron chi connectivity index (χ2n) is 4.92. The van der Waals surface area contributed by atoms with E-state index in [2.05, 4.69) is 43.3 Å². The molecule has 0 saturated heterocycles. The number of Topliss-reactive ketones (excluding diaryl/α,β-unsaturated/α-hetero) is 1. The first kappa shape index (κ1) is 13.1. The fourth-order valence-corrected chi connectivity index (χ4v) is 3.28. The number of hydrogen-bond acceptors (Lipinski definition) is 2. The van der Waals surface area contributed by atoms with Gasteiger partial charge in [0.15, 0.2) is 5.78 Å². The lowest BCUT2D eigenvalue weighted by atomic mass is 10.0.